The Labute approximate surface area is 116 Å². The highest BCUT2D eigenvalue weighted by Gasteiger charge is 2.13. The lowest BCUT2D eigenvalue weighted by molar-refractivity contribution is 0.318. The van der Waals surface area contributed by atoms with Crippen LogP contribution in [-0.2, 0) is 16.6 Å². The molecule has 0 saturated carbocycles. The van der Waals surface area contributed by atoms with Crippen molar-refractivity contribution in [1.29, 1.82) is 0 Å². The number of hydrogen-bond acceptors (Lipinski definition) is 4. The van der Waals surface area contributed by atoms with Gasteiger partial charge in [-0.3, -0.25) is 0 Å². The minimum atomic E-state index is -3.07. The lowest BCUT2D eigenvalue weighted by Gasteiger charge is -2.18. The van der Waals surface area contributed by atoms with Crippen LogP contribution in [0.2, 0.25) is 0 Å². The van der Waals surface area contributed by atoms with Gasteiger partial charge in [-0.05, 0) is 26.9 Å². The number of sulfonamides is 1. The standard InChI is InChI=1S/C12H24N4O2S/c1-12-13-6-8-16(12)10-9-15(4)7-5-11-19(17,18)14(2)3/h6,8H,5,7,9-11H2,1-4H3. The van der Waals surface area contributed by atoms with E-state index in [1.54, 1.807) is 20.3 Å². The fraction of sp³-hybridized carbons (Fsp3) is 0.750. The highest BCUT2D eigenvalue weighted by molar-refractivity contribution is 7.89. The maximum atomic E-state index is 11.6. The normalized spacial score (nSPS) is 12.5. The summed E-state index contributed by atoms with van der Waals surface area (Å²) in [5.41, 5.74) is 0. The number of rotatable bonds is 8. The van der Waals surface area contributed by atoms with Crippen LogP contribution in [0.5, 0.6) is 0 Å². The lowest BCUT2D eigenvalue weighted by Crippen LogP contribution is -2.29. The van der Waals surface area contributed by atoms with Crippen molar-refractivity contribution >= 4 is 10.0 Å². The van der Waals surface area contributed by atoms with Crippen molar-refractivity contribution in [1.82, 2.24) is 18.8 Å². The van der Waals surface area contributed by atoms with Gasteiger partial charge < -0.3 is 9.47 Å². The topological polar surface area (TPSA) is 58.4 Å². The molecule has 7 heteroatoms. The maximum absolute atomic E-state index is 11.6. The van der Waals surface area contributed by atoms with Crippen LogP contribution in [0.3, 0.4) is 0 Å². The molecule has 0 aliphatic carbocycles. The Kier molecular flexibility index (Phi) is 5.96. The van der Waals surface area contributed by atoms with Crippen LogP contribution in [0, 0.1) is 6.92 Å². The molecule has 1 aromatic heterocycles. The molecule has 1 aromatic rings. The first-order chi connectivity index (χ1) is 8.83. The summed E-state index contributed by atoms with van der Waals surface area (Å²) in [6.07, 6.45) is 4.40. The first-order valence-electron chi connectivity index (χ1n) is 6.39. The van der Waals surface area contributed by atoms with Crippen molar-refractivity contribution in [2.24, 2.45) is 0 Å². The molecule has 110 valence electrons. The molecule has 0 saturated heterocycles. The van der Waals surface area contributed by atoms with Gasteiger partial charge in [-0.25, -0.2) is 17.7 Å². The molecule has 0 radical (unpaired) electrons. The molecule has 0 aliphatic heterocycles. The molecule has 1 heterocycles. The Bertz CT molecular complexity index is 482. The zero-order chi connectivity index (χ0) is 14.5. The smallest absolute Gasteiger partial charge is 0.213 e. The quantitative estimate of drug-likeness (QED) is 0.695. The fourth-order valence-electron chi connectivity index (χ4n) is 1.73. The van der Waals surface area contributed by atoms with E-state index in [-0.39, 0.29) is 5.75 Å². The number of nitrogens with zero attached hydrogens (tertiary/aromatic N) is 4. The Hall–Kier alpha value is -0.920. The molecule has 0 fully saturated rings. The molecule has 19 heavy (non-hydrogen) atoms. The third-order valence-electron chi connectivity index (χ3n) is 3.14. The first-order valence-corrected chi connectivity index (χ1v) is 8.00. The largest absolute Gasteiger partial charge is 0.334 e. The van der Waals surface area contributed by atoms with Crippen molar-refractivity contribution in [3.05, 3.63) is 18.2 Å². The lowest BCUT2D eigenvalue weighted by atomic mass is 10.4. The van der Waals surface area contributed by atoms with Crippen LogP contribution in [0.15, 0.2) is 12.4 Å². The van der Waals surface area contributed by atoms with Gasteiger partial charge in [0.25, 0.3) is 0 Å². The summed E-state index contributed by atoms with van der Waals surface area (Å²) in [5, 5.41) is 0. The second kappa shape index (κ2) is 7.02. The number of aromatic nitrogens is 2. The fourth-order valence-corrected chi connectivity index (χ4v) is 2.59. The molecular weight excluding hydrogens is 264 g/mol. The summed E-state index contributed by atoms with van der Waals surface area (Å²) in [7, 11) is 2.08. The second-order valence-corrected chi connectivity index (χ2v) is 7.23. The molecule has 0 spiro atoms. The number of likely N-dealkylation sites (N-methyl/N-ethyl adjacent to an activating group) is 1. The number of aryl methyl sites for hydroxylation is 1. The van der Waals surface area contributed by atoms with E-state index in [9.17, 15) is 8.42 Å². The highest BCUT2D eigenvalue weighted by Crippen LogP contribution is 2.00. The summed E-state index contributed by atoms with van der Waals surface area (Å²) < 4.78 is 26.6. The zero-order valence-electron chi connectivity index (χ0n) is 12.2. The average Bonchev–Trinajstić information content (AvgIpc) is 2.72. The van der Waals surface area contributed by atoms with Crippen molar-refractivity contribution < 1.29 is 8.42 Å². The number of imidazole rings is 1. The molecule has 0 unspecified atom stereocenters. The predicted octanol–water partition coefficient (Wildman–Crippen LogP) is 0.405. The molecule has 0 aliphatic rings. The van der Waals surface area contributed by atoms with E-state index in [1.807, 2.05) is 20.2 Å². The van der Waals surface area contributed by atoms with Crippen LogP contribution < -0.4 is 0 Å². The van der Waals surface area contributed by atoms with Crippen LogP contribution in [0.4, 0.5) is 0 Å². The van der Waals surface area contributed by atoms with Crippen molar-refractivity contribution in [3.63, 3.8) is 0 Å². The average molecular weight is 288 g/mol. The number of hydrogen-bond donors (Lipinski definition) is 0. The van der Waals surface area contributed by atoms with Crippen LogP contribution in [0.1, 0.15) is 12.2 Å². The van der Waals surface area contributed by atoms with Crippen molar-refractivity contribution in [2.75, 3.05) is 40.0 Å². The van der Waals surface area contributed by atoms with Gasteiger partial charge in [0, 0.05) is 39.6 Å². The Morgan fingerprint density at radius 3 is 2.47 bits per heavy atom. The van der Waals surface area contributed by atoms with E-state index in [4.69, 9.17) is 0 Å². The van der Waals surface area contributed by atoms with E-state index in [1.165, 1.54) is 4.31 Å². The molecule has 6 nitrogen and oxygen atoms in total. The van der Waals surface area contributed by atoms with Gasteiger partial charge in [0.05, 0.1) is 5.75 Å². The van der Waals surface area contributed by atoms with Gasteiger partial charge in [0.1, 0.15) is 5.82 Å². The van der Waals surface area contributed by atoms with Crippen molar-refractivity contribution in [2.45, 2.75) is 19.9 Å². The van der Waals surface area contributed by atoms with Crippen LogP contribution >= 0.6 is 0 Å². The van der Waals surface area contributed by atoms with Gasteiger partial charge in [0.2, 0.25) is 10.0 Å². The summed E-state index contributed by atoms with van der Waals surface area (Å²) in [6.45, 7) is 4.52. The Balaban J connectivity index is 2.26. The summed E-state index contributed by atoms with van der Waals surface area (Å²) >= 11 is 0. The Morgan fingerprint density at radius 2 is 1.95 bits per heavy atom. The molecular formula is C12H24N4O2S. The summed E-state index contributed by atoms with van der Waals surface area (Å²) in [5.74, 6) is 1.21. The van der Waals surface area contributed by atoms with E-state index in [0.29, 0.717) is 6.42 Å². The maximum Gasteiger partial charge on any atom is 0.213 e. The predicted molar refractivity (Wildman–Crippen MR) is 76.6 cm³/mol. The van der Waals surface area contributed by atoms with Gasteiger partial charge >= 0.3 is 0 Å². The zero-order valence-corrected chi connectivity index (χ0v) is 13.0. The molecule has 0 atom stereocenters. The second-order valence-electron chi connectivity index (χ2n) is 4.92. The first kappa shape index (κ1) is 16.1. The molecule has 0 amide bonds. The molecule has 0 bridgehead atoms. The third-order valence-corrected chi connectivity index (χ3v) is 5.06. The van der Waals surface area contributed by atoms with E-state index >= 15 is 0 Å². The summed E-state index contributed by atoms with van der Waals surface area (Å²) in [4.78, 5) is 6.31. The SMILES string of the molecule is Cc1nccn1CCN(C)CCCS(=O)(=O)N(C)C. The third kappa shape index (κ3) is 5.30. The van der Waals surface area contributed by atoms with Crippen LogP contribution in [-0.4, -0.2) is 67.2 Å². The minimum absolute atomic E-state index is 0.203. The highest BCUT2D eigenvalue weighted by atomic mass is 32.2. The van der Waals surface area contributed by atoms with Gasteiger partial charge in [0.15, 0.2) is 0 Å². The Morgan fingerprint density at radius 1 is 1.26 bits per heavy atom. The molecule has 1 rings (SSSR count). The van der Waals surface area contributed by atoms with E-state index < -0.39 is 10.0 Å². The van der Waals surface area contributed by atoms with E-state index in [2.05, 4.69) is 14.5 Å². The van der Waals surface area contributed by atoms with Gasteiger partial charge in [-0.2, -0.15) is 0 Å². The van der Waals surface area contributed by atoms with Gasteiger partial charge in [-0.1, -0.05) is 0 Å². The molecule has 0 aromatic carbocycles. The minimum Gasteiger partial charge on any atom is -0.334 e. The van der Waals surface area contributed by atoms with E-state index in [0.717, 1.165) is 25.5 Å². The van der Waals surface area contributed by atoms with Crippen LogP contribution in [0.25, 0.3) is 0 Å². The monoisotopic (exact) mass is 288 g/mol. The summed E-state index contributed by atoms with van der Waals surface area (Å²) in [6, 6.07) is 0. The molecule has 0 N–H and O–H groups in total. The van der Waals surface area contributed by atoms with Gasteiger partial charge in [-0.15, -0.1) is 0 Å². The van der Waals surface area contributed by atoms with Crippen molar-refractivity contribution in [3.8, 4) is 0 Å².